The number of piperidine rings is 1. The summed E-state index contributed by atoms with van der Waals surface area (Å²) >= 11 is 0. The van der Waals surface area contributed by atoms with Gasteiger partial charge in [-0.25, -0.2) is 0 Å². The monoisotopic (exact) mass is 324 g/mol. The molecule has 132 valence electrons. The maximum Gasteiger partial charge on any atom is 0.249 e. The first kappa shape index (κ1) is 18.2. The molecule has 1 aliphatic heterocycles. The summed E-state index contributed by atoms with van der Waals surface area (Å²) in [7, 11) is 0. The van der Waals surface area contributed by atoms with Crippen molar-refractivity contribution >= 4 is 11.8 Å². The van der Waals surface area contributed by atoms with Gasteiger partial charge in [-0.3, -0.25) is 9.59 Å². The van der Waals surface area contributed by atoms with Gasteiger partial charge >= 0.3 is 0 Å². The zero-order valence-electron chi connectivity index (χ0n) is 14.7. The topological polar surface area (TPSA) is 58.6 Å². The first-order valence-corrected chi connectivity index (χ1v) is 9.37. The van der Waals surface area contributed by atoms with E-state index in [1.165, 1.54) is 12.8 Å². The van der Waals surface area contributed by atoms with Crippen molar-refractivity contribution in [3.8, 4) is 0 Å². The largest absolute Gasteiger partial charge is 0.365 e. The number of ether oxygens (including phenoxy) is 1. The van der Waals surface area contributed by atoms with Gasteiger partial charge in [0, 0.05) is 25.6 Å². The maximum absolute atomic E-state index is 12.4. The lowest BCUT2D eigenvalue weighted by Gasteiger charge is -2.33. The second-order valence-electron chi connectivity index (χ2n) is 6.85. The second-order valence-corrected chi connectivity index (χ2v) is 6.85. The van der Waals surface area contributed by atoms with E-state index in [1.54, 1.807) is 0 Å². The number of rotatable bonds is 7. The van der Waals surface area contributed by atoms with Crippen LogP contribution in [0.1, 0.15) is 71.6 Å². The minimum Gasteiger partial charge on any atom is -0.365 e. The average Bonchev–Trinajstić information content (AvgIpc) is 3.06. The Kier molecular flexibility index (Phi) is 7.34. The second kappa shape index (κ2) is 9.26. The molecule has 5 nitrogen and oxygen atoms in total. The third-order valence-electron chi connectivity index (χ3n) is 4.98. The van der Waals surface area contributed by atoms with Gasteiger partial charge in [0.15, 0.2) is 0 Å². The van der Waals surface area contributed by atoms with Gasteiger partial charge in [-0.1, -0.05) is 26.7 Å². The summed E-state index contributed by atoms with van der Waals surface area (Å²) in [5.74, 6) is 0.269. The van der Waals surface area contributed by atoms with Crippen molar-refractivity contribution in [2.24, 2.45) is 0 Å². The van der Waals surface area contributed by atoms with E-state index in [9.17, 15) is 9.59 Å². The van der Waals surface area contributed by atoms with E-state index in [4.69, 9.17) is 4.74 Å². The molecular formula is C18H32N2O3. The molecule has 0 bridgehead atoms. The van der Waals surface area contributed by atoms with Gasteiger partial charge in [0.1, 0.15) is 6.10 Å². The van der Waals surface area contributed by atoms with Crippen LogP contribution in [0.4, 0.5) is 0 Å². The van der Waals surface area contributed by atoms with Crippen molar-refractivity contribution in [1.82, 2.24) is 10.2 Å². The van der Waals surface area contributed by atoms with Gasteiger partial charge in [0.05, 0.1) is 6.10 Å². The van der Waals surface area contributed by atoms with E-state index < -0.39 is 0 Å². The van der Waals surface area contributed by atoms with E-state index in [0.717, 1.165) is 51.6 Å². The third-order valence-corrected chi connectivity index (χ3v) is 4.98. The minimum absolute atomic E-state index is 0.0257. The normalized spacial score (nSPS) is 21.4. The van der Waals surface area contributed by atoms with Crippen LogP contribution in [0, 0.1) is 0 Å². The molecule has 2 aliphatic rings. The molecule has 2 amide bonds. The molecule has 0 aromatic heterocycles. The average molecular weight is 324 g/mol. The Bertz CT molecular complexity index is 386. The SMILES string of the molecule is CCCC(=O)N1CCC(NC(=O)[C@H](CC)OC2CCCC2)CC1. The Morgan fingerprint density at radius 3 is 2.35 bits per heavy atom. The maximum atomic E-state index is 12.4. The van der Waals surface area contributed by atoms with Crippen molar-refractivity contribution in [3.63, 3.8) is 0 Å². The number of amides is 2. The molecule has 0 spiro atoms. The third kappa shape index (κ3) is 5.48. The van der Waals surface area contributed by atoms with Gasteiger partial charge in [-0.15, -0.1) is 0 Å². The van der Waals surface area contributed by atoms with E-state index in [-0.39, 0.29) is 30.1 Å². The van der Waals surface area contributed by atoms with E-state index in [2.05, 4.69) is 5.32 Å². The summed E-state index contributed by atoms with van der Waals surface area (Å²) in [6.07, 6.45) is 8.48. The summed E-state index contributed by atoms with van der Waals surface area (Å²) in [5, 5.41) is 3.13. The minimum atomic E-state index is -0.321. The van der Waals surface area contributed by atoms with Gasteiger partial charge in [0.2, 0.25) is 11.8 Å². The molecule has 23 heavy (non-hydrogen) atoms. The molecule has 5 heteroatoms. The fourth-order valence-corrected chi connectivity index (χ4v) is 3.54. The lowest BCUT2D eigenvalue weighted by atomic mass is 10.0. The van der Waals surface area contributed by atoms with Crippen LogP contribution < -0.4 is 5.32 Å². The number of nitrogens with one attached hydrogen (secondary N) is 1. The van der Waals surface area contributed by atoms with Gasteiger partial charge in [-0.2, -0.15) is 0 Å². The standard InChI is InChI=1S/C18H32N2O3/c1-3-7-17(21)20-12-10-14(11-13-20)19-18(22)16(4-2)23-15-8-5-6-9-15/h14-16H,3-13H2,1-2H3,(H,19,22)/t16-/m0/s1. The molecule has 0 unspecified atom stereocenters. The van der Waals surface area contributed by atoms with Crippen molar-refractivity contribution in [1.29, 1.82) is 0 Å². The lowest BCUT2D eigenvalue weighted by molar-refractivity contribution is -0.138. The molecule has 1 aliphatic carbocycles. The zero-order valence-corrected chi connectivity index (χ0v) is 14.7. The number of hydrogen-bond donors (Lipinski definition) is 1. The summed E-state index contributed by atoms with van der Waals surface area (Å²) < 4.78 is 5.98. The summed E-state index contributed by atoms with van der Waals surface area (Å²) in [5.41, 5.74) is 0. The highest BCUT2D eigenvalue weighted by atomic mass is 16.5. The fourth-order valence-electron chi connectivity index (χ4n) is 3.54. The number of hydrogen-bond acceptors (Lipinski definition) is 3. The van der Waals surface area contributed by atoms with Gasteiger partial charge in [0.25, 0.3) is 0 Å². The number of carbonyl (C=O) groups is 2. The van der Waals surface area contributed by atoms with Crippen molar-refractivity contribution < 1.29 is 14.3 Å². The van der Waals surface area contributed by atoms with E-state index in [0.29, 0.717) is 6.42 Å². The van der Waals surface area contributed by atoms with Crippen LogP contribution in [-0.4, -0.2) is 48.1 Å². The van der Waals surface area contributed by atoms with Gasteiger partial charge < -0.3 is 15.0 Å². The summed E-state index contributed by atoms with van der Waals surface area (Å²) in [6, 6.07) is 0.175. The predicted molar refractivity (Wildman–Crippen MR) is 90.1 cm³/mol. The highest BCUT2D eigenvalue weighted by Crippen LogP contribution is 2.23. The smallest absolute Gasteiger partial charge is 0.249 e. The molecule has 2 rings (SSSR count). The van der Waals surface area contributed by atoms with E-state index in [1.807, 2.05) is 18.7 Å². The van der Waals surface area contributed by atoms with Crippen LogP contribution in [0.25, 0.3) is 0 Å². The Balaban J connectivity index is 1.73. The lowest BCUT2D eigenvalue weighted by Crippen LogP contribution is -2.49. The van der Waals surface area contributed by atoms with Crippen LogP contribution in [0.2, 0.25) is 0 Å². The molecular weight excluding hydrogens is 292 g/mol. The first-order valence-electron chi connectivity index (χ1n) is 9.37. The Labute approximate surface area is 140 Å². The molecule has 1 atom stereocenters. The summed E-state index contributed by atoms with van der Waals surface area (Å²) in [6.45, 7) is 5.54. The van der Waals surface area contributed by atoms with Crippen LogP contribution >= 0.6 is 0 Å². The predicted octanol–water partition coefficient (Wildman–Crippen LogP) is 2.63. The number of likely N-dealkylation sites (tertiary alicyclic amines) is 1. The van der Waals surface area contributed by atoms with Crippen molar-refractivity contribution in [3.05, 3.63) is 0 Å². The Morgan fingerprint density at radius 2 is 1.78 bits per heavy atom. The zero-order chi connectivity index (χ0) is 16.7. The molecule has 0 aromatic carbocycles. The molecule has 1 N–H and O–H groups in total. The van der Waals surface area contributed by atoms with E-state index >= 15 is 0 Å². The quantitative estimate of drug-likeness (QED) is 0.783. The molecule has 1 saturated carbocycles. The van der Waals surface area contributed by atoms with Crippen LogP contribution in [0.3, 0.4) is 0 Å². The number of carbonyl (C=O) groups excluding carboxylic acids is 2. The molecule has 0 aromatic rings. The Morgan fingerprint density at radius 1 is 1.13 bits per heavy atom. The van der Waals surface area contributed by atoms with Crippen LogP contribution in [0.5, 0.6) is 0 Å². The highest BCUT2D eigenvalue weighted by molar-refractivity contribution is 5.81. The molecule has 0 radical (unpaired) electrons. The molecule has 2 fully saturated rings. The van der Waals surface area contributed by atoms with Gasteiger partial charge in [-0.05, 0) is 38.5 Å². The summed E-state index contributed by atoms with van der Waals surface area (Å²) in [4.78, 5) is 26.3. The fraction of sp³-hybridized carbons (Fsp3) is 0.889. The molecule has 1 heterocycles. The van der Waals surface area contributed by atoms with Crippen LogP contribution in [0.15, 0.2) is 0 Å². The van der Waals surface area contributed by atoms with Crippen molar-refractivity contribution in [2.45, 2.75) is 89.9 Å². The number of nitrogens with zero attached hydrogens (tertiary/aromatic N) is 1. The first-order chi connectivity index (χ1) is 11.1. The van der Waals surface area contributed by atoms with Crippen molar-refractivity contribution in [2.75, 3.05) is 13.1 Å². The Hall–Kier alpha value is -1.10. The van der Waals surface area contributed by atoms with Crippen LogP contribution in [-0.2, 0) is 14.3 Å². The molecule has 1 saturated heterocycles. The highest BCUT2D eigenvalue weighted by Gasteiger charge is 2.28.